The minimum Gasteiger partial charge on any atom is -0.275 e. The number of hydrogen-bond donors (Lipinski definition) is 3. The molecule has 1 aliphatic heterocycles. The number of rotatable bonds is 1. The quantitative estimate of drug-likeness (QED) is 0.489. The van der Waals surface area contributed by atoms with Gasteiger partial charge in [-0.3, -0.25) is 10.4 Å². The van der Waals surface area contributed by atoms with Crippen LogP contribution in [0.4, 0.5) is 8.78 Å². The molecule has 0 spiro atoms. The van der Waals surface area contributed by atoms with Crippen LogP contribution < -0.4 is 11.3 Å². The molecule has 1 heterocycles. The first-order valence-corrected chi connectivity index (χ1v) is 4.62. The average Bonchev–Trinajstić information content (AvgIpc) is 2.49. The van der Waals surface area contributed by atoms with Crippen molar-refractivity contribution in [3.63, 3.8) is 0 Å². The molecule has 0 aromatic heterocycles. The predicted octanol–water partition coefficient (Wildman–Crippen LogP) is 0.619. The summed E-state index contributed by atoms with van der Waals surface area (Å²) in [5.74, 6) is 4.39. The third-order valence-electron chi connectivity index (χ3n) is 1.97. The molecular formula is C8H8F2N4S. The number of hydrazine groups is 1. The zero-order valence-corrected chi connectivity index (χ0v) is 8.38. The van der Waals surface area contributed by atoms with Gasteiger partial charge >= 0.3 is 0 Å². The highest BCUT2D eigenvalue weighted by Gasteiger charge is 2.25. The summed E-state index contributed by atoms with van der Waals surface area (Å²) in [6, 6.07) is 3.19. The van der Waals surface area contributed by atoms with Gasteiger partial charge in [0.15, 0.2) is 11.3 Å². The average molecular weight is 230 g/mol. The van der Waals surface area contributed by atoms with Crippen LogP contribution in [0, 0.1) is 11.6 Å². The molecular weight excluding hydrogens is 222 g/mol. The highest BCUT2D eigenvalue weighted by atomic mass is 32.1. The van der Waals surface area contributed by atoms with Crippen LogP contribution in [0.2, 0.25) is 0 Å². The Kier molecular flexibility index (Phi) is 2.49. The largest absolute Gasteiger partial charge is 0.275 e. The fourth-order valence-electron chi connectivity index (χ4n) is 1.22. The maximum atomic E-state index is 13.3. The number of hydrazone groups is 1. The lowest BCUT2D eigenvalue weighted by molar-refractivity contribution is 0.411. The van der Waals surface area contributed by atoms with Gasteiger partial charge in [0.25, 0.3) is 0 Å². The van der Waals surface area contributed by atoms with Gasteiger partial charge in [-0.25, -0.2) is 14.6 Å². The van der Waals surface area contributed by atoms with E-state index in [4.69, 9.17) is 5.84 Å². The van der Waals surface area contributed by atoms with E-state index in [1.165, 1.54) is 6.07 Å². The number of nitrogens with one attached hydrogen (secondary N) is 1. The van der Waals surface area contributed by atoms with Crippen LogP contribution >= 0.6 is 12.6 Å². The van der Waals surface area contributed by atoms with Gasteiger partial charge in [-0.05, 0) is 12.1 Å². The first-order chi connectivity index (χ1) is 7.09. The molecule has 1 aliphatic rings. The lowest BCUT2D eigenvalue weighted by Gasteiger charge is -2.17. The molecule has 0 radical (unpaired) electrons. The number of halogens is 2. The second-order valence-electron chi connectivity index (χ2n) is 2.97. The maximum Gasteiger partial charge on any atom is 0.175 e. The number of amidine groups is 1. The molecule has 1 atom stereocenters. The Bertz CT molecular complexity index is 423. The van der Waals surface area contributed by atoms with Crippen molar-refractivity contribution >= 4 is 18.5 Å². The topological polar surface area (TPSA) is 53.6 Å². The minimum absolute atomic E-state index is 0.128. The number of hydrogen-bond acceptors (Lipinski definition) is 5. The lowest BCUT2D eigenvalue weighted by atomic mass is 10.2. The van der Waals surface area contributed by atoms with Gasteiger partial charge in [0.05, 0.1) is 5.56 Å². The molecule has 0 saturated heterocycles. The zero-order valence-electron chi connectivity index (χ0n) is 7.48. The van der Waals surface area contributed by atoms with Gasteiger partial charge in [-0.15, -0.1) is 12.6 Å². The van der Waals surface area contributed by atoms with Gasteiger partial charge in [0, 0.05) is 6.07 Å². The van der Waals surface area contributed by atoms with Crippen molar-refractivity contribution in [2.45, 2.75) is 5.50 Å². The SMILES string of the molecule is NN1C(c2ccc(F)cc2F)=NNC1S. The standard InChI is InChI=1S/C8H8F2N4S/c9-4-1-2-5(6(10)3-4)7-12-13-8(15)14(7)11/h1-3,8,13,15H,11H2. The van der Waals surface area contributed by atoms with Crippen molar-refractivity contribution in [1.82, 2.24) is 10.4 Å². The summed E-state index contributed by atoms with van der Waals surface area (Å²) >= 11 is 4.03. The molecule has 0 bridgehead atoms. The number of thiol groups is 1. The van der Waals surface area contributed by atoms with E-state index in [0.717, 1.165) is 17.1 Å². The molecule has 4 nitrogen and oxygen atoms in total. The summed E-state index contributed by atoms with van der Waals surface area (Å²) in [7, 11) is 0. The van der Waals surface area contributed by atoms with Crippen molar-refractivity contribution < 1.29 is 8.78 Å². The molecule has 15 heavy (non-hydrogen) atoms. The predicted molar refractivity (Wildman–Crippen MR) is 54.8 cm³/mol. The summed E-state index contributed by atoms with van der Waals surface area (Å²) < 4.78 is 26.0. The third-order valence-corrected chi connectivity index (χ3v) is 2.33. The second kappa shape index (κ2) is 3.67. The molecule has 0 fully saturated rings. The molecule has 0 amide bonds. The monoisotopic (exact) mass is 230 g/mol. The Morgan fingerprint density at radius 2 is 2.20 bits per heavy atom. The fourth-order valence-corrected chi connectivity index (χ4v) is 1.39. The molecule has 80 valence electrons. The van der Waals surface area contributed by atoms with Crippen LogP contribution in [0.3, 0.4) is 0 Å². The summed E-state index contributed by atoms with van der Waals surface area (Å²) in [5.41, 5.74) is 2.17. The summed E-state index contributed by atoms with van der Waals surface area (Å²) in [5, 5.41) is 4.94. The van der Waals surface area contributed by atoms with Crippen LogP contribution in [0.15, 0.2) is 23.3 Å². The zero-order chi connectivity index (χ0) is 11.0. The van der Waals surface area contributed by atoms with Crippen molar-refractivity contribution in [3.8, 4) is 0 Å². The van der Waals surface area contributed by atoms with Crippen molar-refractivity contribution in [2.75, 3.05) is 0 Å². The Balaban J connectivity index is 2.39. The lowest BCUT2D eigenvalue weighted by Crippen LogP contribution is -2.42. The van der Waals surface area contributed by atoms with Gasteiger partial charge in [0.1, 0.15) is 11.6 Å². The Morgan fingerprint density at radius 1 is 1.47 bits per heavy atom. The summed E-state index contributed by atoms with van der Waals surface area (Å²) in [6.45, 7) is 0. The Labute approximate surface area is 90.1 Å². The number of benzene rings is 1. The van der Waals surface area contributed by atoms with Crippen LogP contribution in [0.5, 0.6) is 0 Å². The highest BCUT2D eigenvalue weighted by molar-refractivity contribution is 7.80. The van der Waals surface area contributed by atoms with Crippen molar-refractivity contribution in [3.05, 3.63) is 35.4 Å². The van der Waals surface area contributed by atoms with Crippen molar-refractivity contribution in [1.29, 1.82) is 0 Å². The number of nitrogens with two attached hydrogens (primary N) is 1. The molecule has 2 rings (SSSR count). The molecule has 3 N–H and O–H groups in total. The Morgan fingerprint density at radius 3 is 2.73 bits per heavy atom. The maximum absolute atomic E-state index is 13.3. The van der Waals surface area contributed by atoms with Crippen LogP contribution in [0.1, 0.15) is 5.56 Å². The van der Waals surface area contributed by atoms with E-state index in [0.29, 0.717) is 0 Å². The van der Waals surface area contributed by atoms with E-state index in [2.05, 4.69) is 23.2 Å². The van der Waals surface area contributed by atoms with E-state index in [1.54, 1.807) is 0 Å². The van der Waals surface area contributed by atoms with Crippen LogP contribution in [0.25, 0.3) is 0 Å². The summed E-state index contributed by atoms with van der Waals surface area (Å²) in [6.07, 6.45) is 0. The molecule has 1 aromatic carbocycles. The van der Waals surface area contributed by atoms with Gasteiger partial charge < -0.3 is 0 Å². The van der Waals surface area contributed by atoms with Crippen molar-refractivity contribution in [2.24, 2.45) is 10.9 Å². The highest BCUT2D eigenvalue weighted by Crippen LogP contribution is 2.16. The molecule has 1 unspecified atom stereocenters. The minimum atomic E-state index is -0.714. The second-order valence-corrected chi connectivity index (χ2v) is 3.46. The molecule has 7 heteroatoms. The van der Waals surface area contributed by atoms with E-state index in [9.17, 15) is 8.78 Å². The molecule has 0 aliphatic carbocycles. The van der Waals surface area contributed by atoms with E-state index >= 15 is 0 Å². The smallest absolute Gasteiger partial charge is 0.175 e. The summed E-state index contributed by atoms with van der Waals surface area (Å²) in [4.78, 5) is 0. The van der Waals surface area contributed by atoms with Crippen LogP contribution in [-0.2, 0) is 0 Å². The fraction of sp³-hybridized carbons (Fsp3) is 0.125. The Hall–Kier alpha value is -1.34. The normalized spacial score (nSPS) is 20.1. The van der Waals surface area contributed by atoms with E-state index in [1.807, 2.05) is 0 Å². The molecule has 1 aromatic rings. The van der Waals surface area contributed by atoms with Crippen LogP contribution in [-0.4, -0.2) is 16.3 Å². The van der Waals surface area contributed by atoms with Gasteiger partial charge in [0.2, 0.25) is 0 Å². The first kappa shape index (κ1) is 10.2. The number of nitrogens with zero attached hydrogens (tertiary/aromatic N) is 2. The van der Waals surface area contributed by atoms with E-state index in [-0.39, 0.29) is 11.4 Å². The third kappa shape index (κ3) is 1.75. The molecule has 0 saturated carbocycles. The van der Waals surface area contributed by atoms with Gasteiger partial charge in [-0.2, -0.15) is 5.10 Å². The first-order valence-electron chi connectivity index (χ1n) is 4.10. The van der Waals surface area contributed by atoms with Gasteiger partial charge in [-0.1, -0.05) is 0 Å². The van der Waals surface area contributed by atoms with E-state index < -0.39 is 17.1 Å².